The van der Waals surface area contributed by atoms with Crippen LogP contribution in [-0.2, 0) is 6.61 Å². The SMILES string of the molecule is CCN(CCN(C)C)C(=O)c1noc2c1COc1ccccc1-2. The highest BCUT2D eigenvalue weighted by molar-refractivity contribution is 5.95. The predicted octanol–water partition coefficient (Wildman–Crippen LogP) is 2.26. The molecule has 0 fully saturated rings. The lowest BCUT2D eigenvalue weighted by molar-refractivity contribution is 0.0741. The van der Waals surface area contributed by atoms with Gasteiger partial charge in [-0.3, -0.25) is 4.79 Å². The van der Waals surface area contributed by atoms with Gasteiger partial charge >= 0.3 is 0 Å². The summed E-state index contributed by atoms with van der Waals surface area (Å²) in [6.07, 6.45) is 0. The minimum atomic E-state index is -0.109. The van der Waals surface area contributed by atoms with E-state index in [1.165, 1.54) is 0 Å². The van der Waals surface area contributed by atoms with E-state index in [-0.39, 0.29) is 5.91 Å². The fraction of sp³-hybridized carbons (Fsp3) is 0.412. The first-order valence-electron chi connectivity index (χ1n) is 7.76. The standard InChI is InChI=1S/C17H21N3O3/c1-4-20(10-9-19(2)3)17(21)15-13-11-22-14-8-6-5-7-12(14)16(13)23-18-15/h5-8H,4,9-11H2,1-3H3. The van der Waals surface area contributed by atoms with Crippen LogP contribution in [0.4, 0.5) is 0 Å². The van der Waals surface area contributed by atoms with E-state index < -0.39 is 0 Å². The molecule has 2 aromatic rings. The topological polar surface area (TPSA) is 58.8 Å². The van der Waals surface area contributed by atoms with Crippen LogP contribution in [0.15, 0.2) is 28.8 Å². The second-order valence-electron chi connectivity index (χ2n) is 5.81. The number of fused-ring (bicyclic) bond motifs is 3. The van der Waals surface area contributed by atoms with Gasteiger partial charge in [-0.05, 0) is 33.2 Å². The van der Waals surface area contributed by atoms with Crippen molar-refractivity contribution in [3.05, 3.63) is 35.5 Å². The Morgan fingerprint density at radius 2 is 2.04 bits per heavy atom. The van der Waals surface area contributed by atoms with Gasteiger partial charge in [0.05, 0.1) is 11.1 Å². The van der Waals surface area contributed by atoms with Crippen molar-refractivity contribution in [2.24, 2.45) is 0 Å². The number of carbonyl (C=O) groups excluding carboxylic acids is 1. The van der Waals surface area contributed by atoms with E-state index in [0.29, 0.717) is 31.2 Å². The number of likely N-dealkylation sites (N-methyl/N-ethyl adjacent to an activating group) is 2. The number of para-hydroxylation sites is 1. The number of benzene rings is 1. The molecule has 0 bridgehead atoms. The monoisotopic (exact) mass is 315 g/mol. The summed E-state index contributed by atoms with van der Waals surface area (Å²) >= 11 is 0. The fourth-order valence-corrected chi connectivity index (χ4v) is 2.63. The van der Waals surface area contributed by atoms with E-state index in [9.17, 15) is 4.79 Å². The number of aromatic nitrogens is 1. The Labute approximate surface area is 135 Å². The highest BCUT2D eigenvalue weighted by Gasteiger charge is 2.30. The summed E-state index contributed by atoms with van der Waals surface area (Å²) < 4.78 is 11.2. The molecule has 6 heteroatoms. The van der Waals surface area contributed by atoms with Crippen molar-refractivity contribution >= 4 is 5.91 Å². The molecule has 23 heavy (non-hydrogen) atoms. The van der Waals surface area contributed by atoms with Gasteiger partial charge < -0.3 is 19.1 Å². The molecule has 0 N–H and O–H groups in total. The fourth-order valence-electron chi connectivity index (χ4n) is 2.63. The van der Waals surface area contributed by atoms with Crippen LogP contribution in [0.3, 0.4) is 0 Å². The summed E-state index contributed by atoms with van der Waals surface area (Å²) in [6.45, 7) is 4.36. The maximum absolute atomic E-state index is 12.8. The molecular formula is C17H21N3O3. The molecule has 0 spiro atoms. The van der Waals surface area contributed by atoms with Crippen LogP contribution in [0.1, 0.15) is 23.0 Å². The van der Waals surface area contributed by atoms with Gasteiger partial charge in [-0.25, -0.2) is 0 Å². The molecule has 1 aliphatic heterocycles. The molecule has 1 amide bonds. The van der Waals surface area contributed by atoms with E-state index in [0.717, 1.165) is 23.4 Å². The van der Waals surface area contributed by atoms with Crippen molar-refractivity contribution in [1.82, 2.24) is 15.0 Å². The van der Waals surface area contributed by atoms with Crippen LogP contribution in [0.25, 0.3) is 11.3 Å². The molecule has 1 aromatic heterocycles. The zero-order valence-electron chi connectivity index (χ0n) is 13.7. The molecule has 3 rings (SSSR count). The van der Waals surface area contributed by atoms with Gasteiger partial charge in [-0.2, -0.15) is 0 Å². The van der Waals surface area contributed by atoms with Crippen LogP contribution in [0.2, 0.25) is 0 Å². The van der Waals surface area contributed by atoms with E-state index in [1.54, 1.807) is 4.90 Å². The number of nitrogens with zero attached hydrogens (tertiary/aromatic N) is 3. The molecule has 2 heterocycles. The minimum absolute atomic E-state index is 0.109. The Morgan fingerprint density at radius 1 is 1.26 bits per heavy atom. The molecule has 0 atom stereocenters. The highest BCUT2D eigenvalue weighted by Crippen LogP contribution is 2.38. The molecule has 0 radical (unpaired) electrons. The quantitative estimate of drug-likeness (QED) is 0.847. The normalized spacial score (nSPS) is 12.5. The highest BCUT2D eigenvalue weighted by atomic mass is 16.5. The molecule has 0 saturated carbocycles. The van der Waals surface area contributed by atoms with E-state index in [4.69, 9.17) is 9.26 Å². The average Bonchev–Trinajstić information content (AvgIpc) is 2.99. The van der Waals surface area contributed by atoms with Crippen molar-refractivity contribution in [3.8, 4) is 17.1 Å². The van der Waals surface area contributed by atoms with E-state index in [2.05, 4.69) is 5.16 Å². The maximum Gasteiger partial charge on any atom is 0.276 e. The molecule has 0 unspecified atom stereocenters. The number of rotatable bonds is 5. The van der Waals surface area contributed by atoms with Crippen LogP contribution in [0, 0.1) is 0 Å². The lowest BCUT2D eigenvalue weighted by Crippen LogP contribution is -2.37. The van der Waals surface area contributed by atoms with Crippen molar-refractivity contribution in [3.63, 3.8) is 0 Å². The lowest BCUT2D eigenvalue weighted by Gasteiger charge is -2.22. The summed E-state index contributed by atoms with van der Waals surface area (Å²) in [7, 11) is 3.97. The van der Waals surface area contributed by atoms with Crippen molar-refractivity contribution in [2.45, 2.75) is 13.5 Å². The average molecular weight is 315 g/mol. The Balaban J connectivity index is 1.88. The summed E-state index contributed by atoms with van der Waals surface area (Å²) in [5.74, 6) is 1.29. The summed E-state index contributed by atoms with van der Waals surface area (Å²) in [5, 5.41) is 4.03. The number of carbonyl (C=O) groups is 1. The Kier molecular flexibility index (Phi) is 4.34. The lowest BCUT2D eigenvalue weighted by atomic mass is 10.0. The molecule has 1 aliphatic rings. The van der Waals surface area contributed by atoms with Crippen molar-refractivity contribution < 1.29 is 14.1 Å². The largest absolute Gasteiger partial charge is 0.488 e. The van der Waals surface area contributed by atoms with Crippen molar-refractivity contribution in [2.75, 3.05) is 33.7 Å². The molecule has 122 valence electrons. The van der Waals surface area contributed by atoms with Crippen LogP contribution in [-0.4, -0.2) is 54.6 Å². The maximum atomic E-state index is 12.8. The molecule has 0 aliphatic carbocycles. The number of ether oxygens (including phenoxy) is 1. The van der Waals surface area contributed by atoms with Gasteiger partial charge in [-0.15, -0.1) is 0 Å². The first-order chi connectivity index (χ1) is 11.1. The Hall–Kier alpha value is -2.34. The van der Waals surface area contributed by atoms with Gasteiger partial charge in [0.15, 0.2) is 11.5 Å². The van der Waals surface area contributed by atoms with Gasteiger partial charge in [0, 0.05) is 19.6 Å². The molecule has 1 aromatic carbocycles. The zero-order chi connectivity index (χ0) is 16.4. The second kappa shape index (κ2) is 6.42. The number of amides is 1. The third-order valence-corrected chi connectivity index (χ3v) is 3.98. The number of hydrogen-bond acceptors (Lipinski definition) is 5. The minimum Gasteiger partial charge on any atom is -0.488 e. The third kappa shape index (κ3) is 2.94. The first-order valence-corrected chi connectivity index (χ1v) is 7.76. The Bertz CT molecular complexity index is 709. The van der Waals surface area contributed by atoms with Crippen LogP contribution >= 0.6 is 0 Å². The predicted molar refractivity (Wildman–Crippen MR) is 86.4 cm³/mol. The third-order valence-electron chi connectivity index (χ3n) is 3.98. The van der Waals surface area contributed by atoms with Crippen LogP contribution < -0.4 is 4.74 Å². The first kappa shape index (κ1) is 15.6. The van der Waals surface area contributed by atoms with Crippen LogP contribution in [0.5, 0.6) is 5.75 Å². The van der Waals surface area contributed by atoms with Crippen molar-refractivity contribution in [1.29, 1.82) is 0 Å². The summed E-state index contributed by atoms with van der Waals surface area (Å²) in [6, 6.07) is 7.62. The molecular weight excluding hydrogens is 294 g/mol. The van der Waals surface area contributed by atoms with E-state index >= 15 is 0 Å². The van der Waals surface area contributed by atoms with E-state index in [1.807, 2.05) is 50.2 Å². The second-order valence-corrected chi connectivity index (χ2v) is 5.81. The van der Waals surface area contributed by atoms with Gasteiger partial charge in [0.2, 0.25) is 0 Å². The smallest absolute Gasteiger partial charge is 0.276 e. The molecule has 0 saturated heterocycles. The summed E-state index contributed by atoms with van der Waals surface area (Å²) in [5.41, 5.74) is 1.93. The number of hydrogen-bond donors (Lipinski definition) is 0. The van der Waals surface area contributed by atoms with Gasteiger partial charge in [0.25, 0.3) is 5.91 Å². The van der Waals surface area contributed by atoms with Gasteiger partial charge in [0.1, 0.15) is 12.4 Å². The molecule has 6 nitrogen and oxygen atoms in total. The summed E-state index contributed by atoms with van der Waals surface area (Å²) in [4.78, 5) is 16.6. The van der Waals surface area contributed by atoms with Gasteiger partial charge in [-0.1, -0.05) is 17.3 Å². The zero-order valence-corrected chi connectivity index (χ0v) is 13.7. The Morgan fingerprint density at radius 3 is 2.78 bits per heavy atom.